The second kappa shape index (κ2) is 7.63. The van der Waals surface area contributed by atoms with Crippen LogP contribution in [0, 0.1) is 0 Å². The predicted molar refractivity (Wildman–Crippen MR) is 79.1 cm³/mol. The number of amides is 3. The van der Waals surface area contributed by atoms with Gasteiger partial charge in [-0.25, -0.2) is 0 Å². The zero-order valence-corrected chi connectivity index (χ0v) is 12.7. The second-order valence-corrected chi connectivity index (χ2v) is 5.17. The average Bonchev–Trinajstić information content (AvgIpc) is 3.08. The molecule has 0 radical (unpaired) electrons. The van der Waals surface area contributed by atoms with Crippen LogP contribution >= 0.6 is 0 Å². The van der Waals surface area contributed by atoms with Gasteiger partial charge in [0, 0.05) is 32.7 Å². The molecule has 120 valence electrons. The van der Waals surface area contributed by atoms with Crippen LogP contribution in [0.4, 0.5) is 0 Å². The Labute approximate surface area is 129 Å². The third kappa shape index (κ3) is 3.87. The van der Waals surface area contributed by atoms with Crippen molar-refractivity contribution in [2.24, 2.45) is 0 Å². The van der Waals surface area contributed by atoms with Gasteiger partial charge in [-0.05, 0) is 18.6 Å². The van der Waals surface area contributed by atoms with E-state index in [4.69, 9.17) is 4.42 Å². The lowest BCUT2D eigenvalue weighted by atomic mass is 10.2. The number of carbonyl (C=O) groups excluding carboxylic acids is 3. The maximum atomic E-state index is 12.1. The number of hydrogen-bond donors (Lipinski definition) is 1. The summed E-state index contributed by atoms with van der Waals surface area (Å²) in [5.74, 6) is -0.998. The van der Waals surface area contributed by atoms with Gasteiger partial charge in [-0.15, -0.1) is 0 Å². The fraction of sp³-hybridized carbons (Fsp3) is 0.533. The lowest BCUT2D eigenvalue weighted by Gasteiger charge is -2.33. The van der Waals surface area contributed by atoms with E-state index in [1.807, 2.05) is 6.92 Å². The van der Waals surface area contributed by atoms with Crippen molar-refractivity contribution in [1.82, 2.24) is 15.1 Å². The summed E-state index contributed by atoms with van der Waals surface area (Å²) in [5.41, 5.74) is 0. The molecule has 0 aromatic carbocycles. The van der Waals surface area contributed by atoms with E-state index < -0.39 is 11.8 Å². The van der Waals surface area contributed by atoms with Gasteiger partial charge >= 0.3 is 11.8 Å². The van der Waals surface area contributed by atoms with Crippen LogP contribution in [0.5, 0.6) is 0 Å². The lowest BCUT2D eigenvalue weighted by Crippen LogP contribution is -2.53. The third-order valence-electron chi connectivity index (χ3n) is 3.60. The Morgan fingerprint density at radius 1 is 1.18 bits per heavy atom. The molecule has 1 N–H and O–H groups in total. The summed E-state index contributed by atoms with van der Waals surface area (Å²) in [6.45, 7) is 4.03. The van der Waals surface area contributed by atoms with E-state index in [1.54, 1.807) is 17.0 Å². The molecule has 0 atom stereocenters. The summed E-state index contributed by atoms with van der Waals surface area (Å²) < 4.78 is 5.08. The second-order valence-electron chi connectivity index (χ2n) is 5.17. The molecule has 1 aromatic heterocycles. The number of rotatable bonds is 4. The first-order valence-corrected chi connectivity index (χ1v) is 7.53. The van der Waals surface area contributed by atoms with Crippen LogP contribution in [-0.4, -0.2) is 60.2 Å². The van der Waals surface area contributed by atoms with Crippen LogP contribution in [0.15, 0.2) is 22.8 Å². The molecule has 1 fully saturated rings. The Bertz CT molecular complexity index is 519. The molecule has 0 bridgehead atoms. The van der Waals surface area contributed by atoms with Crippen LogP contribution in [0.2, 0.25) is 0 Å². The SMILES string of the molecule is CCCCNC(=O)C(=O)N1CCN(C(=O)c2ccco2)CC1. The van der Waals surface area contributed by atoms with Gasteiger partial charge in [0.25, 0.3) is 5.91 Å². The van der Waals surface area contributed by atoms with E-state index in [0.717, 1.165) is 12.8 Å². The fourth-order valence-corrected chi connectivity index (χ4v) is 2.27. The smallest absolute Gasteiger partial charge is 0.312 e. The van der Waals surface area contributed by atoms with Gasteiger partial charge in [-0.2, -0.15) is 0 Å². The summed E-state index contributed by atoms with van der Waals surface area (Å²) in [7, 11) is 0. The molecule has 0 aliphatic carbocycles. The molecule has 7 heteroatoms. The topological polar surface area (TPSA) is 82.9 Å². The number of furan rings is 1. The molecule has 0 saturated carbocycles. The van der Waals surface area contributed by atoms with Crippen molar-refractivity contribution < 1.29 is 18.8 Å². The first-order chi connectivity index (χ1) is 10.6. The zero-order valence-electron chi connectivity index (χ0n) is 12.7. The highest BCUT2D eigenvalue weighted by Gasteiger charge is 2.28. The van der Waals surface area contributed by atoms with Crippen molar-refractivity contribution in [3.63, 3.8) is 0 Å². The molecule has 7 nitrogen and oxygen atoms in total. The highest BCUT2D eigenvalue weighted by atomic mass is 16.3. The maximum absolute atomic E-state index is 12.1. The minimum Gasteiger partial charge on any atom is -0.459 e. The Kier molecular flexibility index (Phi) is 5.57. The number of nitrogens with one attached hydrogen (secondary N) is 1. The van der Waals surface area contributed by atoms with E-state index in [1.165, 1.54) is 11.2 Å². The molecule has 2 heterocycles. The quantitative estimate of drug-likeness (QED) is 0.648. The molecule has 2 rings (SSSR count). The third-order valence-corrected chi connectivity index (χ3v) is 3.60. The Morgan fingerprint density at radius 2 is 1.86 bits per heavy atom. The summed E-state index contributed by atoms with van der Waals surface area (Å²) >= 11 is 0. The molecular formula is C15H21N3O4. The van der Waals surface area contributed by atoms with Crippen LogP contribution in [0.1, 0.15) is 30.3 Å². The van der Waals surface area contributed by atoms with Gasteiger partial charge in [0.2, 0.25) is 0 Å². The normalized spacial score (nSPS) is 14.8. The molecule has 1 aliphatic rings. The van der Waals surface area contributed by atoms with Crippen molar-refractivity contribution >= 4 is 17.7 Å². The Hall–Kier alpha value is -2.31. The predicted octanol–water partition coefficient (Wildman–Crippen LogP) is 0.480. The molecule has 3 amide bonds. The van der Waals surface area contributed by atoms with Crippen LogP contribution < -0.4 is 5.32 Å². The minimum atomic E-state index is -0.570. The Morgan fingerprint density at radius 3 is 2.45 bits per heavy atom. The van der Waals surface area contributed by atoms with Gasteiger partial charge in [0.15, 0.2) is 5.76 Å². The first-order valence-electron chi connectivity index (χ1n) is 7.53. The lowest BCUT2D eigenvalue weighted by molar-refractivity contribution is -0.146. The van der Waals surface area contributed by atoms with Crippen LogP contribution in [0.25, 0.3) is 0 Å². The molecule has 22 heavy (non-hydrogen) atoms. The zero-order chi connectivity index (χ0) is 15.9. The highest BCUT2D eigenvalue weighted by molar-refractivity contribution is 6.35. The van der Waals surface area contributed by atoms with E-state index >= 15 is 0 Å². The van der Waals surface area contributed by atoms with Crippen molar-refractivity contribution in [3.8, 4) is 0 Å². The number of unbranched alkanes of at least 4 members (excludes halogenated alkanes) is 1. The molecular weight excluding hydrogens is 286 g/mol. The molecule has 0 unspecified atom stereocenters. The standard InChI is InChI=1S/C15H21N3O4/c1-2-3-6-16-13(19)15(21)18-9-7-17(8-10-18)14(20)12-5-4-11-22-12/h4-5,11H,2-3,6-10H2,1H3,(H,16,19). The van der Waals surface area contributed by atoms with E-state index in [9.17, 15) is 14.4 Å². The molecule has 1 aliphatic heterocycles. The molecule has 1 saturated heterocycles. The van der Waals surface area contributed by atoms with E-state index in [-0.39, 0.29) is 11.7 Å². The summed E-state index contributed by atoms with van der Waals surface area (Å²) in [6, 6.07) is 3.27. The number of nitrogens with zero attached hydrogens (tertiary/aromatic N) is 2. The summed E-state index contributed by atoms with van der Waals surface area (Å²) in [5, 5.41) is 2.61. The largest absolute Gasteiger partial charge is 0.459 e. The monoisotopic (exact) mass is 307 g/mol. The average molecular weight is 307 g/mol. The maximum Gasteiger partial charge on any atom is 0.312 e. The van der Waals surface area contributed by atoms with Crippen molar-refractivity contribution in [3.05, 3.63) is 24.2 Å². The van der Waals surface area contributed by atoms with Crippen molar-refractivity contribution in [2.75, 3.05) is 32.7 Å². The van der Waals surface area contributed by atoms with Gasteiger partial charge in [-0.3, -0.25) is 14.4 Å². The number of hydrogen-bond acceptors (Lipinski definition) is 4. The summed E-state index contributed by atoms with van der Waals surface area (Å²) in [4.78, 5) is 38.9. The Balaban J connectivity index is 1.80. The number of piperazine rings is 1. The van der Waals surface area contributed by atoms with Crippen LogP contribution in [-0.2, 0) is 9.59 Å². The van der Waals surface area contributed by atoms with Gasteiger partial charge in [0.05, 0.1) is 6.26 Å². The first kappa shape index (κ1) is 16.1. The molecule has 1 aromatic rings. The fourth-order valence-electron chi connectivity index (χ4n) is 2.27. The van der Waals surface area contributed by atoms with Crippen molar-refractivity contribution in [2.45, 2.75) is 19.8 Å². The van der Waals surface area contributed by atoms with Gasteiger partial charge in [-0.1, -0.05) is 13.3 Å². The van der Waals surface area contributed by atoms with Gasteiger partial charge < -0.3 is 19.5 Å². The minimum absolute atomic E-state index is 0.190. The highest BCUT2D eigenvalue weighted by Crippen LogP contribution is 2.09. The number of carbonyl (C=O) groups is 3. The van der Waals surface area contributed by atoms with Crippen LogP contribution in [0.3, 0.4) is 0 Å². The van der Waals surface area contributed by atoms with E-state index in [0.29, 0.717) is 32.7 Å². The summed E-state index contributed by atoms with van der Waals surface area (Å²) in [6.07, 6.45) is 3.26. The van der Waals surface area contributed by atoms with E-state index in [2.05, 4.69) is 5.32 Å². The molecule has 0 spiro atoms. The van der Waals surface area contributed by atoms with Crippen molar-refractivity contribution in [1.29, 1.82) is 0 Å². The van der Waals surface area contributed by atoms with Gasteiger partial charge in [0.1, 0.15) is 0 Å².